The lowest BCUT2D eigenvalue weighted by atomic mass is 10.1. The summed E-state index contributed by atoms with van der Waals surface area (Å²) in [6.07, 6.45) is 10.0. The number of hydrogen-bond acceptors (Lipinski definition) is 2. The van der Waals surface area contributed by atoms with E-state index >= 15 is 0 Å². The van der Waals surface area contributed by atoms with Crippen molar-refractivity contribution in [1.82, 2.24) is 9.55 Å². The summed E-state index contributed by atoms with van der Waals surface area (Å²) in [6, 6.07) is 4.33. The maximum Gasteiger partial charge on any atom is 0.0485 e. The minimum Gasteiger partial charge on any atom is -0.350 e. The molecule has 3 nitrogen and oxygen atoms in total. The summed E-state index contributed by atoms with van der Waals surface area (Å²) in [7, 11) is 0. The molecule has 4 heteroatoms. The van der Waals surface area contributed by atoms with Crippen molar-refractivity contribution in [2.75, 3.05) is 0 Å². The normalized spacial score (nSPS) is 12.6. The van der Waals surface area contributed by atoms with Crippen LogP contribution in [0.3, 0.4) is 0 Å². The number of rotatable bonds is 5. The second-order valence-corrected chi connectivity index (χ2v) is 5.44. The quantitative estimate of drug-likeness (QED) is 0.919. The molecule has 2 rings (SSSR count). The van der Waals surface area contributed by atoms with E-state index in [0.29, 0.717) is 0 Å². The third-order valence-corrected chi connectivity index (χ3v) is 3.36. The van der Waals surface area contributed by atoms with Gasteiger partial charge >= 0.3 is 0 Å². The van der Waals surface area contributed by atoms with Crippen LogP contribution in [0.1, 0.15) is 36.9 Å². The van der Waals surface area contributed by atoms with Crippen LogP contribution < -0.4 is 5.73 Å². The van der Waals surface area contributed by atoms with Crippen molar-refractivity contribution in [2.24, 2.45) is 5.73 Å². The Morgan fingerprint density at radius 3 is 3.00 bits per heavy atom. The number of halogens is 1. The fourth-order valence-electron chi connectivity index (χ4n) is 2.01. The number of hydrogen-bond donors (Lipinski definition) is 1. The van der Waals surface area contributed by atoms with Gasteiger partial charge in [-0.3, -0.25) is 4.98 Å². The molecular weight excluding hydrogens is 290 g/mol. The number of nitrogens with two attached hydrogens (primary N) is 1. The first-order chi connectivity index (χ1) is 8.69. The Labute approximate surface area is 116 Å². The van der Waals surface area contributed by atoms with E-state index in [9.17, 15) is 0 Å². The maximum atomic E-state index is 6.10. The lowest BCUT2D eigenvalue weighted by Gasteiger charge is -2.07. The molecule has 0 bridgehead atoms. The maximum absolute atomic E-state index is 6.10. The number of nitrogens with zero attached hydrogens (tertiary/aromatic N) is 2. The Bertz CT molecular complexity index is 507. The van der Waals surface area contributed by atoms with Gasteiger partial charge in [-0.15, -0.1) is 0 Å². The van der Waals surface area contributed by atoms with E-state index in [1.54, 1.807) is 6.20 Å². The predicted molar refractivity (Wildman–Crippen MR) is 77.3 cm³/mol. The molecule has 1 atom stereocenters. The van der Waals surface area contributed by atoms with Gasteiger partial charge in [0.25, 0.3) is 0 Å². The van der Waals surface area contributed by atoms with Gasteiger partial charge in [-0.2, -0.15) is 0 Å². The van der Waals surface area contributed by atoms with Gasteiger partial charge in [0.15, 0.2) is 0 Å². The first kappa shape index (κ1) is 13.3. The molecule has 2 aromatic rings. The molecule has 0 spiro atoms. The van der Waals surface area contributed by atoms with Crippen LogP contribution in [0.2, 0.25) is 0 Å². The van der Waals surface area contributed by atoms with Crippen LogP contribution in [-0.4, -0.2) is 9.55 Å². The lowest BCUT2D eigenvalue weighted by molar-refractivity contribution is 0.636. The molecule has 0 aliphatic heterocycles. The Kier molecular flexibility index (Phi) is 4.55. The van der Waals surface area contributed by atoms with E-state index in [2.05, 4.69) is 56.9 Å². The molecule has 0 radical (unpaired) electrons. The summed E-state index contributed by atoms with van der Waals surface area (Å²) < 4.78 is 3.16. The fourth-order valence-corrected chi connectivity index (χ4v) is 2.42. The zero-order chi connectivity index (χ0) is 13.0. The molecule has 0 saturated carbocycles. The molecule has 0 saturated heterocycles. The molecule has 0 amide bonds. The van der Waals surface area contributed by atoms with Crippen LogP contribution in [0.4, 0.5) is 0 Å². The highest BCUT2D eigenvalue weighted by molar-refractivity contribution is 9.10. The largest absolute Gasteiger partial charge is 0.350 e. The van der Waals surface area contributed by atoms with Crippen molar-refractivity contribution in [2.45, 2.75) is 32.4 Å². The van der Waals surface area contributed by atoms with E-state index in [1.165, 1.54) is 11.1 Å². The first-order valence-corrected chi connectivity index (χ1v) is 6.99. The average Bonchev–Trinajstić information content (AvgIpc) is 2.78. The molecule has 2 aromatic heterocycles. The minimum absolute atomic E-state index is 0.150. The van der Waals surface area contributed by atoms with E-state index in [0.717, 1.165) is 23.9 Å². The van der Waals surface area contributed by atoms with Gasteiger partial charge in [-0.05, 0) is 45.6 Å². The molecule has 0 aliphatic rings. The highest BCUT2D eigenvalue weighted by atomic mass is 79.9. The third-order valence-electron chi connectivity index (χ3n) is 2.93. The van der Waals surface area contributed by atoms with Gasteiger partial charge in [0, 0.05) is 41.8 Å². The van der Waals surface area contributed by atoms with Gasteiger partial charge in [-0.1, -0.05) is 13.3 Å². The monoisotopic (exact) mass is 307 g/mol. The molecule has 2 heterocycles. The van der Waals surface area contributed by atoms with Crippen LogP contribution in [0.5, 0.6) is 0 Å². The Balaban J connectivity index is 2.06. The molecule has 96 valence electrons. The summed E-state index contributed by atoms with van der Waals surface area (Å²) in [5.74, 6) is 0. The SMILES string of the molecule is CCCC(N)c1ccn(Cc2cncc(Br)c2)c1. The third kappa shape index (κ3) is 3.43. The van der Waals surface area contributed by atoms with Crippen molar-refractivity contribution in [3.63, 3.8) is 0 Å². The van der Waals surface area contributed by atoms with E-state index < -0.39 is 0 Å². The van der Waals surface area contributed by atoms with Crippen molar-refractivity contribution < 1.29 is 0 Å². The topological polar surface area (TPSA) is 43.8 Å². The van der Waals surface area contributed by atoms with Gasteiger partial charge in [0.05, 0.1) is 0 Å². The van der Waals surface area contributed by atoms with Crippen molar-refractivity contribution in [1.29, 1.82) is 0 Å². The molecular formula is C14H18BrN3. The Morgan fingerprint density at radius 1 is 1.44 bits per heavy atom. The lowest BCUT2D eigenvalue weighted by Crippen LogP contribution is -2.08. The van der Waals surface area contributed by atoms with E-state index in [4.69, 9.17) is 5.73 Å². The number of pyridine rings is 1. The zero-order valence-electron chi connectivity index (χ0n) is 10.5. The zero-order valence-corrected chi connectivity index (χ0v) is 12.1. The highest BCUT2D eigenvalue weighted by Gasteiger charge is 2.06. The molecule has 1 unspecified atom stereocenters. The number of aromatic nitrogens is 2. The molecule has 0 aliphatic carbocycles. The smallest absolute Gasteiger partial charge is 0.0485 e. The molecule has 2 N–H and O–H groups in total. The summed E-state index contributed by atoms with van der Waals surface area (Å²) in [4.78, 5) is 4.17. The predicted octanol–water partition coefficient (Wildman–Crippen LogP) is 3.49. The van der Waals surface area contributed by atoms with Crippen LogP contribution in [0, 0.1) is 0 Å². The summed E-state index contributed by atoms with van der Waals surface area (Å²) in [5.41, 5.74) is 8.49. The van der Waals surface area contributed by atoms with Gasteiger partial charge < -0.3 is 10.3 Å². The molecule has 18 heavy (non-hydrogen) atoms. The Hall–Kier alpha value is -1.13. The molecule has 0 fully saturated rings. The summed E-state index contributed by atoms with van der Waals surface area (Å²) >= 11 is 3.43. The van der Waals surface area contributed by atoms with E-state index in [-0.39, 0.29) is 6.04 Å². The van der Waals surface area contributed by atoms with Gasteiger partial charge in [0.2, 0.25) is 0 Å². The minimum atomic E-state index is 0.150. The van der Waals surface area contributed by atoms with Crippen molar-refractivity contribution in [3.05, 3.63) is 52.5 Å². The second kappa shape index (κ2) is 6.16. The van der Waals surface area contributed by atoms with Crippen LogP contribution in [0.25, 0.3) is 0 Å². The molecule has 0 aromatic carbocycles. The van der Waals surface area contributed by atoms with Crippen molar-refractivity contribution >= 4 is 15.9 Å². The summed E-state index contributed by atoms with van der Waals surface area (Å²) in [5, 5.41) is 0. The van der Waals surface area contributed by atoms with Crippen LogP contribution in [0.15, 0.2) is 41.4 Å². The first-order valence-electron chi connectivity index (χ1n) is 6.19. The Morgan fingerprint density at radius 2 is 2.28 bits per heavy atom. The van der Waals surface area contributed by atoms with Crippen molar-refractivity contribution in [3.8, 4) is 0 Å². The van der Waals surface area contributed by atoms with Crippen LogP contribution in [-0.2, 0) is 6.54 Å². The standard InChI is InChI=1S/C14H18BrN3/c1-2-3-14(16)12-4-5-18(10-12)9-11-6-13(15)8-17-7-11/h4-8,10,14H,2-3,9,16H2,1H3. The van der Waals surface area contributed by atoms with Gasteiger partial charge in [-0.25, -0.2) is 0 Å². The average molecular weight is 308 g/mol. The van der Waals surface area contributed by atoms with Gasteiger partial charge in [0.1, 0.15) is 0 Å². The van der Waals surface area contributed by atoms with Crippen LogP contribution >= 0.6 is 15.9 Å². The summed E-state index contributed by atoms with van der Waals surface area (Å²) in [6.45, 7) is 2.98. The fraction of sp³-hybridized carbons (Fsp3) is 0.357. The highest BCUT2D eigenvalue weighted by Crippen LogP contribution is 2.17. The van der Waals surface area contributed by atoms with E-state index in [1.807, 2.05) is 6.20 Å². The second-order valence-electron chi connectivity index (χ2n) is 4.52.